The first-order chi connectivity index (χ1) is 14.4. The maximum atomic E-state index is 6.04. The minimum atomic E-state index is -0.660. The summed E-state index contributed by atoms with van der Waals surface area (Å²) in [6, 6.07) is 17.6. The van der Waals surface area contributed by atoms with Crippen molar-refractivity contribution >= 4 is 39.9 Å². The van der Waals surface area contributed by atoms with Crippen molar-refractivity contribution in [1.82, 2.24) is 9.97 Å². The molecule has 1 aromatic carbocycles. The summed E-state index contributed by atoms with van der Waals surface area (Å²) in [5, 5.41) is 4.29. The normalized spacial score (nSPS) is 18.0. The second-order valence-corrected chi connectivity index (χ2v) is 8.96. The number of alkyl halides is 1. The number of oxime groups is 1. The molecule has 4 N–H and O–H groups in total. The van der Waals surface area contributed by atoms with Crippen molar-refractivity contribution in [3.8, 4) is 5.88 Å². The molecule has 2 aromatic heterocycles. The molecule has 4 rings (SSSR count). The molecule has 0 saturated heterocycles. The van der Waals surface area contributed by atoms with Gasteiger partial charge in [0, 0.05) is 24.6 Å². The van der Waals surface area contributed by atoms with E-state index in [0.29, 0.717) is 37.0 Å². The van der Waals surface area contributed by atoms with Crippen molar-refractivity contribution < 1.29 is 9.57 Å². The van der Waals surface area contributed by atoms with Crippen molar-refractivity contribution in [1.29, 1.82) is 0 Å². The van der Waals surface area contributed by atoms with Crippen LogP contribution in [-0.2, 0) is 21.5 Å². The molecular weight excluding hydrogens is 493 g/mol. The monoisotopic (exact) mass is 515 g/mol. The first-order valence-corrected chi connectivity index (χ1v) is 10.6. The molecule has 0 amide bonds. The predicted octanol–water partition coefficient (Wildman–Crippen LogP) is 4.14. The molecule has 1 atom stereocenters. The van der Waals surface area contributed by atoms with E-state index in [-0.39, 0.29) is 0 Å². The highest BCUT2D eigenvalue weighted by Gasteiger charge is 2.40. The molecular formula is C22H22IN5O2. The highest BCUT2D eigenvalue weighted by molar-refractivity contribution is 14.1. The maximum absolute atomic E-state index is 6.04. The molecule has 154 valence electrons. The Labute approximate surface area is 188 Å². The number of benzene rings is 1. The number of rotatable bonds is 6. The number of aromatic nitrogens is 2. The number of ether oxygens (including phenoxy) is 1. The van der Waals surface area contributed by atoms with Crippen molar-refractivity contribution in [2.24, 2.45) is 5.16 Å². The molecule has 30 heavy (non-hydrogen) atoms. The quantitative estimate of drug-likeness (QED) is 0.378. The third kappa shape index (κ3) is 4.64. The number of nitrogens with two attached hydrogens (primary N) is 2. The molecule has 0 bridgehead atoms. The second-order valence-electron chi connectivity index (χ2n) is 7.22. The minimum absolute atomic E-state index is 0.369. The summed E-state index contributed by atoms with van der Waals surface area (Å²) in [5.74, 6) is 1.39. The third-order valence-corrected chi connectivity index (χ3v) is 5.94. The van der Waals surface area contributed by atoms with Crippen molar-refractivity contribution in [2.45, 2.75) is 30.0 Å². The number of pyridine rings is 2. The molecule has 7 nitrogen and oxygen atoms in total. The van der Waals surface area contributed by atoms with E-state index in [1.165, 1.54) is 0 Å². The van der Waals surface area contributed by atoms with Gasteiger partial charge in [-0.3, -0.25) is 0 Å². The van der Waals surface area contributed by atoms with E-state index in [1.54, 1.807) is 6.07 Å². The lowest BCUT2D eigenvalue weighted by atomic mass is 10.00. The van der Waals surface area contributed by atoms with E-state index in [2.05, 4.69) is 62.0 Å². The van der Waals surface area contributed by atoms with Crippen LogP contribution in [0, 0.1) is 6.92 Å². The summed E-state index contributed by atoms with van der Waals surface area (Å²) in [6.45, 7) is 2.42. The van der Waals surface area contributed by atoms with Gasteiger partial charge >= 0.3 is 0 Å². The molecule has 0 aliphatic carbocycles. The van der Waals surface area contributed by atoms with Gasteiger partial charge in [-0.15, -0.1) is 0 Å². The first kappa shape index (κ1) is 20.4. The molecule has 0 fully saturated rings. The van der Waals surface area contributed by atoms with Gasteiger partial charge in [-0.05, 0) is 58.8 Å². The standard InChI is InChI=1S/C22H22IN5O2/c1-14-3-2-4-20(26-14)29-13-16-7-5-15(6-8-16)11-17-12-22(23,30-28-17)18-9-10-19(24)27-21(18)25/h2-10H,11-13H2,1H3,(H4,24,25,27). The summed E-state index contributed by atoms with van der Waals surface area (Å²) >= 11 is 2.23. The minimum Gasteiger partial charge on any atom is -0.473 e. The topological polar surface area (TPSA) is 109 Å². The molecule has 3 heterocycles. The fourth-order valence-electron chi connectivity index (χ4n) is 3.25. The summed E-state index contributed by atoms with van der Waals surface area (Å²) < 4.78 is 5.10. The van der Waals surface area contributed by atoms with Gasteiger partial charge < -0.3 is 21.0 Å². The average Bonchev–Trinajstić information content (AvgIpc) is 3.09. The Morgan fingerprint density at radius 2 is 1.80 bits per heavy atom. The van der Waals surface area contributed by atoms with Gasteiger partial charge in [0.1, 0.15) is 18.2 Å². The Hall–Kier alpha value is -2.88. The molecule has 0 spiro atoms. The van der Waals surface area contributed by atoms with Crippen LogP contribution in [0.3, 0.4) is 0 Å². The van der Waals surface area contributed by atoms with E-state index in [0.717, 1.165) is 28.1 Å². The first-order valence-electron chi connectivity index (χ1n) is 9.51. The average molecular weight is 515 g/mol. The lowest BCUT2D eigenvalue weighted by Gasteiger charge is -2.21. The van der Waals surface area contributed by atoms with Crippen LogP contribution < -0.4 is 16.2 Å². The lowest BCUT2D eigenvalue weighted by molar-refractivity contribution is 0.0701. The third-order valence-electron chi connectivity index (χ3n) is 4.78. The van der Waals surface area contributed by atoms with Crippen LogP contribution in [-0.4, -0.2) is 15.7 Å². The molecule has 1 aliphatic heterocycles. The van der Waals surface area contributed by atoms with Crippen molar-refractivity contribution in [3.63, 3.8) is 0 Å². The maximum Gasteiger partial charge on any atom is 0.221 e. The lowest BCUT2D eigenvalue weighted by Crippen LogP contribution is -2.21. The van der Waals surface area contributed by atoms with Gasteiger partial charge in [0.05, 0.1) is 11.3 Å². The number of halogens is 1. The van der Waals surface area contributed by atoms with Crippen LogP contribution in [0.5, 0.6) is 5.88 Å². The number of hydrogen-bond donors (Lipinski definition) is 2. The number of nitrogens with zero attached hydrogens (tertiary/aromatic N) is 3. The molecule has 1 unspecified atom stereocenters. The summed E-state index contributed by atoms with van der Waals surface area (Å²) in [7, 11) is 0. The van der Waals surface area contributed by atoms with Crippen LogP contribution in [0.1, 0.15) is 28.8 Å². The van der Waals surface area contributed by atoms with Gasteiger partial charge in [0.15, 0.2) is 0 Å². The summed E-state index contributed by atoms with van der Waals surface area (Å²) in [5.41, 5.74) is 16.6. The zero-order chi connectivity index (χ0) is 21.1. The van der Waals surface area contributed by atoms with Crippen LogP contribution in [0.4, 0.5) is 11.6 Å². The Kier molecular flexibility index (Phi) is 5.76. The van der Waals surface area contributed by atoms with Crippen LogP contribution in [0.25, 0.3) is 0 Å². The number of aryl methyl sites for hydroxylation is 1. The summed E-state index contributed by atoms with van der Waals surface area (Å²) in [6.07, 6.45) is 1.33. The van der Waals surface area contributed by atoms with E-state index < -0.39 is 3.61 Å². The van der Waals surface area contributed by atoms with Gasteiger partial charge in [0.25, 0.3) is 0 Å². The summed E-state index contributed by atoms with van der Waals surface area (Å²) in [4.78, 5) is 14.2. The van der Waals surface area contributed by atoms with E-state index in [9.17, 15) is 0 Å². The van der Waals surface area contributed by atoms with Gasteiger partial charge in [0.2, 0.25) is 9.49 Å². The fraction of sp³-hybridized carbons (Fsp3) is 0.227. The Morgan fingerprint density at radius 3 is 2.53 bits per heavy atom. The molecule has 0 saturated carbocycles. The molecule has 3 aromatic rings. The van der Waals surface area contributed by atoms with Gasteiger partial charge in [-0.25, -0.2) is 9.97 Å². The largest absolute Gasteiger partial charge is 0.473 e. The van der Waals surface area contributed by atoms with E-state index in [4.69, 9.17) is 21.0 Å². The van der Waals surface area contributed by atoms with Gasteiger partial charge in [-0.2, -0.15) is 0 Å². The van der Waals surface area contributed by atoms with Gasteiger partial charge in [-0.1, -0.05) is 35.5 Å². The zero-order valence-corrected chi connectivity index (χ0v) is 18.7. The van der Waals surface area contributed by atoms with Crippen molar-refractivity contribution in [2.75, 3.05) is 11.5 Å². The Morgan fingerprint density at radius 1 is 1.03 bits per heavy atom. The number of anilines is 2. The highest BCUT2D eigenvalue weighted by atomic mass is 127. The molecule has 8 heteroatoms. The Balaban J connectivity index is 1.36. The van der Waals surface area contributed by atoms with Crippen molar-refractivity contribution in [3.05, 3.63) is 77.0 Å². The zero-order valence-electron chi connectivity index (χ0n) is 16.5. The second kappa shape index (κ2) is 8.47. The number of nitrogen functional groups attached to an aromatic ring is 2. The van der Waals surface area contributed by atoms with E-state index in [1.807, 2.05) is 31.2 Å². The Bertz CT molecular complexity index is 1090. The predicted molar refractivity (Wildman–Crippen MR) is 125 cm³/mol. The smallest absolute Gasteiger partial charge is 0.221 e. The fourth-order valence-corrected chi connectivity index (χ4v) is 4.25. The number of hydrogen-bond acceptors (Lipinski definition) is 7. The molecule has 0 radical (unpaired) electrons. The van der Waals surface area contributed by atoms with Crippen LogP contribution >= 0.6 is 22.6 Å². The highest BCUT2D eigenvalue weighted by Crippen LogP contribution is 2.43. The van der Waals surface area contributed by atoms with E-state index >= 15 is 0 Å². The molecule has 1 aliphatic rings. The SMILES string of the molecule is Cc1cccc(OCc2ccc(CC3=NOC(I)(c4ccc(N)nc4N)C3)cc2)n1. The van der Waals surface area contributed by atoms with Crippen LogP contribution in [0.2, 0.25) is 0 Å². The van der Waals surface area contributed by atoms with Crippen LogP contribution in [0.15, 0.2) is 59.8 Å².